The molecule has 0 aliphatic heterocycles. The van der Waals surface area contributed by atoms with Crippen molar-refractivity contribution in [3.8, 4) is 0 Å². The van der Waals surface area contributed by atoms with Crippen molar-refractivity contribution in [2.24, 2.45) is 0 Å². The SMILES string of the molecule is CCN(CC)P(=O)(O)N[Si](C)(C)C. The summed E-state index contributed by atoms with van der Waals surface area (Å²) in [5.74, 6) is 0. The van der Waals surface area contributed by atoms with Gasteiger partial charge in [0.05, 0.1) is 0 Å². The Hall–Kier alpha value is 0.327. The predicted octanol–water partition coefficient (Wildman–Crippen LogP) is 1.85. The molecule has 6 heteroatoms. The fraction of sp³-hybridized carbons (Fsp3) is 1.00. The fourth-order valence-corrected chi connectivity index (χ4v) is 5.94. The molecular formula is C7H21N2O2PSi. The molecule has 0 saturated carbocycles. The highest BCUT2D eigenvalue weighted by molar-refractivity contribution is 7.55. The Kier molecular flexibility index (Phi) is 4.83. The highest BCUT2D eigenvalue weighted by Crippen LogP contribution is 2.41. The summed E-state index contributed by atoms with van der Waals surface area (Å²) in [6, 6.07) is 0. The van der Waals surface area contributed by atoms with E-state index in [0.29, 0.717) is 13.1 Å². The smallest absolute Gasteiger partial charge is 0.322 e. The minimum absolute atomic E-state index is 0.599. The molecule has 0 aliphatic rings. The lowest BCUT2D eigenvalue weighted by Crippen LogP contribution is -2.42. The summed E-state index contributed by atoms with van der Waals surface area (Å²) in [4.78, 5) is 9.71. The average molecular weight is 224 g/mol. The Morgan fingerprint density at radius 2 is 1.69 bits per heavy atom. The van der Waals surface area contributed by atoms with Gasteiger partial charge in [-0.1, -0.05) is 33.5 Å². The predicted molar refractivity (Wildman–Crippen MR) is 59.2 cm³/mol. The Morgan fingerprint density at radius 1 is 1.31 bits per heavy atom. The Bertz CT molecular complexity index is 201. The molecule has 0 rings (SSSR count). The largest absolute Gasteiger partial charge is 0.334 e. The van der Waals surface area contributed by atoms with Crippen molar-refractivity contribution in [3.63, 3.8) is 0 Å². The number of rotatable bonds is 5. The van der Waals surface area contributed by atoms with Crippen LogP contribution in [0.4, 0.5) is 0 Å². The quantitative estimate of drug-likeness (QED) is 0.553. The van der Waals surface area contributed by atoms with Crippen LogP contribution in [0, 0.1) is 0 Å². The van der Waals surface area contributed by atoms with Crippen LogP contribution in [0.2, 0.25) is 19.6 Å². The van der Waals surface area contributed by atoms with Gasteiger partial charge < -0.3 is 4.89 Å². The van der Waals surface area contributed by atoms with Crippen LogP contribution in [0.25, 0.3) is 0 Å². The van der Waals surface area contributed by atoms with Gasteiger partial charge in [0.2, 0.25) is 0 Å². The first-order valence-corrected chi connectivity index (χ1v) is 9.72. The zero-order valence-electron chi connectivity index (χ0n) is 9.16. The highest BCUT2D eigenvalue weighted by Gasteiger charge is 2.30. The lowest BCUT2D eigenvalue weighted by molar-refractivity contribution is 0.360. The number of hydrogen-bond acceptors (Lipinski definition) is 1. The number of hydrogen-bond donors (Lipinski definition) is 2. The Balaban J connectivity index is 4.47. The second-order valence-electron chi connectivity index (χ2n) is 4.04. The second kappa shape index (κ2) is 4.71. The number of nitrogens with zero attached hydrogens (tertiary/aromatic N) is 1. The van der Waals surface area contributed by atoms with Crippen molar-refractivity contribution in [1.29, 1.82) is 0 Å². The molecule has 1 unspecified atom stereocenters. The Morgan fingerprint density at radius 3 is 1.92 bits per heavy atom. The first kappa shape index (κ1) is 13.3. The van der Waals surface area contributed by atoms with Gasteiger partial charge in [-0.05, 0) is 0 Å². The van der Waals surface area contributed by atoms with Gasteiger partial charge in [-0.15, -0.1) is 0 Å². The van der Waals surface area contributed by atoms with E-state index in [2.05, 4.69) is 4.75 Å². The molecular weight excluding hydrogens is 203 g/mol. The summed E-state index contributed by atoms with van der Waals surface area (Å²) < 4.78 is 16.2. The molecule has 0 saturated heterocycles. The van der Waals surface area contributed by atoms with Crippen molar-refractivity contribution in [2.75, 3.05) is 13.1 Å². The molecule has 0 bridgehead atoms. The molecule has 4 nitrogen and oxygen atoms in total. The van der Waals surface area contributed by atoms with Gasteiger partial charge >= 0.3 is 7.67 Å². The third-order valence-electron chi connectivity index (χ3n) is 1.59. The van der Waals surface area contributed by atoms with E-state index in [4.69, 9.17) is 0 Å². The van der Waals surface area contributed by atoms with Gasteiger partial charge in [-0.2, -0.15) is 0 Å². The number of nitrogens with one attached hydrogen (secondary N) is 1. The minimum Gasteiger partial charge on any atom is -0.322 e. The van der Waals surface area contributed by atoms with E-state index in [-0.39, 0.29) is 0 Å². The molecule has 0 spiro atoms. The van der Waals surface area contributed by atoms with E-state index in [0.717, 1.165) is 0 Å². The highest BCUT2D eigenvalue weighted by atomic mass is 31.2. The minimum atomic E-state index is -3.28. The molecule has 80 valence electrons. The first-order chi connectivity index (χ1) is 5.73. The fourth-order valence-electron chi connectivity index (χ4n) is 1.11. The van der Waals surface area contributed by atoms with Crippen LogP contribution in [0.5, 0.6) is 0 Å². The summed E-state index contributed by atoms with van der Waals surface area (Å²) in [6.07, 6.45) is 0. The van der Waals surface area contributed by atoms with Gasteiger partial charge in [0.1, 0.15) is 8.24 Å². The molecule has 0 amide bonds. The van der Waals surface area contributed by atoms with Gasteiger partial charge in [0.25, 0.3) is 0 Å². The van der Waals surface area contributed by atoms with Gasteiger partial charge in [0, 0.05) is 13.1 Å². The standard InChI is InChI=1S/C7H21N2O2PSi/c1-6-9(7-2)12(10,11)8-13(3,4)5/h6-7H2,1-5H3,(H2,8,10,11). The summed E-state index contributed by atoms with van der Waals surface area (Å²) in [5, 5.41) is 0. The van der Waals surface area contributed by atoms with Gasteiger partial charge in [0.15, 0.2) is 0 Å². The molecule has 0 aromatic carbocycles. The van der Waals surface area contributed by atoms with Crippen LogP contribution in [-0.2, 0) is 4.57 Å². The van der Waals surface area contributed by atoms with Crippen molar-refractivity contribution in [1.82, 2.24) is 9.42 Å². The third-order valence-corrected chi connectivity index (χ3v) is 6.78. The van der Waals surface area contributed by atoms with E-state index in [1.165, 1.54) is 0 Å². The van der Waals surface area contributed by atoms with E-state index in [1.54, 1.807) is 4.67 Å². The van der Waals surface area contributed by atoms with Crippen LogP contribution >= 0.6 is 7.67 Å². The molecule has 2 N–H and O–H groups in total. The second-order valence-corrected chi connectivity index (χ2v) is 11.1. The van der Waals surface area contributed by atoms with Crippen molar-refractivity contribution < 1.29 is 9.46 Å². The maximum Gasteiger partial charge on any atom is 0.334 e. The van der Waals surface area contributed by atoms with Gasteiger partial charge in [-0.3, -0.25) is 9.32 Å². The van der Waals surface area contributed by atoms with Crippen LogP contribution in [0.3, 0.4) is 0 Å². The lowest BCUT2D eigenvalue weighted by atomic mass is 10.7. The molecule has 0 heterocycles. The molecule has 0 radical (unpaired) electrons. The van der Waals surface area contributed by atoms with Crippen LogP contribution < -0.4 is 4.75 Å². The first-order valence-electron chi connectivity index (χ1n) is 4.60. The van der Waals surface area contributed by atoms with E-state index in [1.807, 2.05) is 33.5 Å². The molecule has 0 fully saturated rings. The normalized spacial score (nSPS) is 17.5. The molecule has 13 heavy (non-hydrogen) atoms. The summed E-state index contributed by atoms with van der Waals surface area (Å²) in [6.45, 7) is 11.0. The van der Waals surface area contributed by atoms with Crippen molar-refractivity contribution in [3.05, 3.63) is 0 Å². The Labute approximate surface area is 82.0 Å². The van der Waals surface area contributed by atoms with E-state index >= 15 is 0 Å². The van der Waals surface area contributed by atoms with Crippen LogP contribution in [-0.4, -0.2) is 30.9 Å². The molecule has 0 aromatic heterocycles. The monoisotopic (exact) mass is 224 g/mol. The van der Waals surface area contributed by atoms with E-state index in [9.17, 15) is 9.46 Å². The molecule has 0 aromatic rings. The summed E-state index contributed by atoms with van der Waals surface area (Å²) in [5.41, 5.74) is 0. The summed E-state index contributed by atoms with van der Waals surface area (Å²) >= 11 is 0. The maximum absolute atomic E-state index is 11.8. The molecule has 0 aliphatic carbocycles. The van der Waals surface area contributed by atoms with Crippen molar-refractivity contribution >= 4 is 15.9 Å². The topological polar surface area (TPSA) is 52.6 Å². The zero-order valence-corrected chi connectivity index (χ0v) is 11.1. The zero-order chi connectivity index (χ0) is 10.7. The van der Waals surface area contributed by atoms with Gasteiger partial charge in [-0.25, -0.2) is 4.67 Å². The lowest BCUT2D eigenvalue weighted by Gasteiger charge is -2.30. The van der Waals surface area contributed by atoms with E-state index < -0.39 is 15.9 Å². The van der Waals surface area contributed by atoms with Crippen molar-refractivity contribution in [2.45, 2.75) is 33.5 Å². The molecule has 1 atom stereocenters. The van der Waals surface area contributed by atoms with Crippen LogP contribution in [0.15, 0.2) is 0 Å². The summed E-state index contributed by atoms with van der Waals surface area (Å²) in [7, 11) is -4.97. The average Bonchev–Trinajstić information content (AvgIpc) is 1.83. The maximum atomic E-state index is 11.8. The third kappa shape index (κ3) is 4.93. The van der Waals surface area contributed by atoms with Crippen LogP contribution in [0.1, 0.15) is 13.8 Å².